The Morgan fingerprint density at radius 3 is 2.79 bits per heavy atom. The summed E-state index contributed by atoms with van der Waals surface area (Å²) in [6.45, 7) is 3.61. The fourth-order valence-corrected chi connectivity index (χ4v) is 2.35. The monoisotopic (exact) mass is 347 g/mol. The Kier molecular flexibility index (Phi) is 6.52. The standard InChI is InChI=1S/C17H22ClN5O/c1-12-11-13(18)5-6-14(12)21-16(24)15-7-9-20-17(22-15)19-8-4-10-23(2)3/h5-7,9,11H,4,8,10H2,1-3H3,(H,21,24)(H,19,20,22). The van der Waals surface area contributed by atoms with Crippen LogP contribution in [0.3, 0.4) is 0 Å². The number of carbonyl (C=O) groups is 1. The molecule has 2 N–H and O–H groups in total. The molecule has 2 aromatic rings. The first-order chi connectivity index (χ1) is 11.5. The van der Waals surface area contributed by atoms with Crippen LogP contribution in [0.1, 0.15) is 22.5 Å². The van der Waals surface area contributed by atoms with Gasteiger partial charge in [-0.3, -0.25) is 4.79 Å². The lowest BCUT2D eigenvalue weighted by atomic mass is 10.2. The number of benzene rings is 1. The Morgan fingerprint density at radius 2 is 2.08 bits per heavy atom. The van der Waals surface area contributed by atoms with Crippen molar-refractivity contribution in [2.45, 2.75) is 13.3 Å². The number of amides is 1. The second kappa shape index (κ2) is 8.61. The number of hydrogen-bond acceptors (Lipinski definition) is 5. The second-order valence-electron chi connectivity index (χ2n) is 5.76. The van der Waals surface area contributed by atoms with E-state index in [1.807, 2.05) is 21.0 Å². The highest BCUT2D eigenvalue weighted by molar-refractivity contribution is 6.30. The summed E-state index contributed by atoms with van der Waals surface area (Å²) in [7, 11) is 4.06. The van der Waals surface area contributed by atoms with Gasteiger partial charge in [-0.25, -0.2) is 9.97 Å². The van der Waals surface area contributed by atoms with Gasteiger partial charge < -0.3 is 15.5 Å². The van der Waals surface area contributed by atoms with Crippen LogP contribution >= 0.6 is 11.6 Å². The number of hydrogen-bond donors (Lipinski definition) is 2. The SMILES string of the molecule is Cc1cc(Cl)ccc1NC(=O)c1ccnc(NCCCN(C)C)n1. The van der Waals surface area contributed by atoms with Gasteiger partial charge in [-0.05, 0) is 63.8 Å². The van der Waals surface area contributed by atoms with Crippen LogP contribution in [0.4, 0.5) is 11.6 Å². The quantitative estimate of drug-likeness (QED) is 0.753. The van der Waals surface area contributed by atoms with E-state index in [0.29, 0.717) is 22.4 Å². The van der Waals surface area contributed by atoms with Crippen LogP contribution in [0.15, 0.2) is 30.5 Å². The number of aromatic nitrogens is 2. The van der Waals surface area contributed by atoms with Gasteiger partial charge >= 0.3 is 0 Å². The minimum atomic E-state index is -0.279. The fraction of sp³-hybridized carbons (Fsp3) is 0.353. The predicted molar refractivity (Wildman–Crippen MR) is 97.8 cm³/mol. The molecule has 0 aliphatic heterocycles. The zero-order valence-electron chi connectivity index (χ0n) is 14.1. The molecule has 0 atom stereocenters. The molecule has 1 aromatic heterocycles. The average molecular weight is 348 g/mol. The number of nitrogens with one attached hydrogen (secondary N) is 2. The van der Waals surface area contributed by atoms with E-state index in [4.69, 9.17) is 11.6 Å². The van der Waals surface area contributed by atoms with Crippen molar-refractivity contribution in [3.05, 3.63) is 46.7 Å². The summed E-state index contributed by atoms with van der Waals surface area (Å²) >= 11 is 5.93. The third-order valence-corrected chi connectivity index (χ3v) is 3.63. The lowest BCUT2D eigenvalue weighted by Gasteiger charge is -2.11. The third-order valence-electron chi connectivity index (χ3n) is 3.39. The van der Waals surface area contributed by atoms with Crippen LogP contribution < -0.4 is 10.6 Å². The Hall–Kier alpha value is -2.18. The number of aryl methyl sites for hydroxylation is 1. The molecule has 0 radical (unpaired) electrons. The molecule has 0 saturated carbocycles. The van der Waals surface area contributed by atoms with Gasteiger partial charge in [0.1, 0.15) is 5.69 Å². The zero-order valence-corrected chi connectivity index (χ0v) is 14.9. The van der Waals surface area contributed by atoms with Crippen molar-refractivity contribution in [3.63, 3.8) is 0 Å². The first-order valence-electron chi connectivity index (χ1n) is 7.75. The van der Waals surface area contributed by atoms with E-state index in [-0.39, 0.29) is 5.91 Å². The molecule has 128 valence electrons. The number of nitrogens with zero attached hydrogens (tertiary/aromatic N) is 3. The van der Waals surface area contributed by atoms with Gasteiger partial charge in [0.25, 0.3) is 5.91 Å². The van der Waals surface area contributed by atoms with Crippen molar-refractivity contribution in [1.82, 2.24) is 14.9 Å². The Bertz CT molecular complexity index is 705. The Labute approximate surface area is 147 Å². The van der Waals surface area contributed by atoms with Crippen molar-refractivity contribution in [3.8, 4) is 0 Å². The maximum Gasteiger partial charge on any atom is 0.274 e. The maximum absolute atomic E-state index is 12.4. The Morgan fingerprint density at radius 1 is 1.29 bits per heavy atom. The van der Waals surface area contributed by atoms with Crippen LogP contribution in [-0.4, -0.2) is 48.0 Å². The molecule has 1 amide bonds. The van der Waals surface area contributed by atoms with Gasteiger partial charge in [-0.15, -0.1) is 0 Å². The summed E-state index contributed by atoms with van der Waals surface area (Å²) in [6.07, 6.45) is 2.54. The minimum Gasteiger partial charge on any atom is -0.354 e. The van der Waals surface area contributed by atoms with Crippen LogP contribution in [-0.2, 0) is 0 Å². The predicted octanol–water partition coefficient (Wildman–Crippen LogP) is 3.05. The summed E-state index contributed by atoms with van der Waals surface area (Å²) in [4.78, 5) is 22.9. The van der Waals surface area contributed by atoms with Crippen LogP contribution in [0.5, 0.6) is 0 Å². The lowest BCUT2D eigenvalue weighted by Crippen LogP contribution is -2.18. The molecule has 1 aromatic carbocycles. The molecule has 6 nitrogen and oxygen atoms in total. The summed E-state index contributed by atoms with van der Waals surface area (Å²) in [5, 5.41) is 6.61. The largest absolute Gasteiger partial charge is 0.354 e. The zero-order chi connectivity index (χ0) is 17.5. The van der Waals surface area contributed by atoms with Gasteiger partial charge in [0.15, 0.2) is 0 Å². The summed E-state index contributed by atoms with van der Waals surface area (Å²) < 4.78 is 0. The molecule has 0 fully saturated rings. The van der Waals surface area contributed by atoms with Crippen LogP contribution in [0, 0.1) is 6.92 Å². The topological polar surface area (TPSA) is 70.2 Å². The number of carbonyl (C=O) groups excluding carboxylic acids is 1. The van der Waals surface area contributed by atoms with Crippen molar-refractivity contribution in [2.24, 2.45) is 0 Å². The molecular weight excluding hydrogens is 326 g/mol. The molecular formula is C17H22ClN5O. The van der Waals surface area contributed by atoms with E-state index in [0.717, 1.165) is 25.1 Å². The highest BCUT2D eigenvalue weighted by Crippen LogP contribution is 2.20. The molecule has 7 heteroatoms. The molecule has 2 rings (SSSR count). The van der Waals surface area contributed by atoms with Crippen molar-refractivity contribution in [2.75, 3.05) is 37.8 Å². The lowest BCUT2D eigenvalue weighted by molar-refractivity contribution is 0.102. The maximum atomic E-state index is 12.4. The summed E-state index contributed by atoms with van der Waals surface area (Å²) in [5.74, 6) is 0.174. The van der Waals surface area contributed by atoms with E-state index in [2.05, 4.69) is 25.5 Å². The normalized spacial score (nSPS) is 10.7. The van der Waals surface area contributed by atoms with E-state index in [9.17, 15) is 4.79 Å². The van der Waals surface area contributed by atoms with Crippen molar-refractivity contribution < 1.29 is 4.79 Å². The highest BCUT2D eigenvalue weighted by atomic mass is 35.5. The average Bonchev–Trinajstić information content (AvgIpc) is 2.54. The highest BCUT2D eigenvalue weighted by Gasteiger charge is 2.10. The van der Waals surface area contributed by atoms with Crippen LogP contribution in [0.25, 0.3) is 0 Å². The van der Waals surface area contributed by atoms with Gasteiger partial charge in [0, 0.05) is 23.5 Å². The number of rotatable bonds is 7. The van der Waals surface area contributed by atoms with E-state index in [1.165, 1.54) is 0 Å². The number of anilines is 2. The molecule has 1 heterocycles. The molecule has 0 aliphatic rings. The van der Waals surface area contributed by atoms with E-state index in [1.54, 1.807) is 30.5 Å². The Balaban J connectivity index is 1.98. The summed E-state index contributed by atoms with van der Waals surface area (Å²) in [5.41, 5.74) is 1.92. The minimum absolute atomic E-state index is 0.279. The first kappa shape index (κ1) is 18.2. The smallest absolute Gasteiger partial charge is 0.274 e. The first-order valence-corrected chi connectivity index (χ1v) is 8.12. The van der Waals surface area contributed by atoms with Crippen LogP contribution in [0.2, 0.25) is 5.02 Å². The van der Waals surface area contributed by atoms with Gasteiger partial charge in [-0.2, -0.15) is 0 Å². The molecule has 0 unspecified atom stereocenters. The fourth-order valence-electron chi connectivity index (χ4n) is 2.12. The molecule has 0 aliphatic carbocycles. The molecule has 0 bridgehead atoms. The third kappa shape index (κ3) is 5.47. The molecule has 0 saturated heterocycles. The van der Waals surface area contributed by atoms with E-state index >= 15 is 0 Å². The molecule has 0 spiro atoms. The van der Waals surface area contributed by atoms with Gasteiger partial charge in [0.05, 0.1) is 0 Å². The summed E-state index contributed by atoms with van der Waals surface area (Å²) in [6, 6.07) is 6.90. The second-order valence-corrected chi connectivity index (χ2v) is 6.20. The molecule has 24 heavy (non-hydrogen) atoms. The van der Waals surface area contributed by atoms with Gasteiger partial charge in [0.2, 0.25) is 5.95 Å². The number of halogens is 1. The van der Waals surface area contributed by atoms with Crippen molar-refractivity contribution >= 4 is 29.1 Å². The van der Waals surface area contributed by atoms with Crippen molar-refractivity contribution in [1.29, 1.82) is 0 Å². The van der Waals surface area contributed by atoms with Gasteiger partial charge in [-0.1, -0.05) is 11.6 Å². The van der Waals surface area contributed by atoms with E-state index < -0.39 is 0 Å².